The van der Waals surface area contributed by atoms with E-state index >= 15 is 0 Å². The predicted molar refractivity (Wildman–Crippen MR) is 108 cm³/mol. The number of anilines is 1. The van der Waals surface area contributed by atoms with Crippen LogP contribution in [0.15, 0.2) is 65.7 Å². The zero-order valence-corrected chi connectivity index (χ0v) is 15.8. The average Bonchev–Trinajstić information content (AvgIpc) is 3.05. The summed E-state index contributed by atoms with van der Waals surface area (Å²) in [6, 6.07) is 16.8. The third-order valence-electron chi connectivity index (χ3n) is 5.04. The second kappa shape index (κ2) is 7.31. The van der Waals surface area contributed by atoms with E-state index in [4.69, 9.17) is 4.74 Å². The smallest absolute Gasteiger partial charge is 0.254 e. The number of hydrogen-bond donors (Lipinski definition) is 0. The molecule has 0 radical (unpaired) electrons. The summed E-state index contributed by atoms with van der Waals surface area (Å²) in [5.74, 6) is 0.525. The van der Waals surface area contributed by atoms with Gasteiger partial charge in [-0.2, -0.15) is 0 Å². The first-order chi connectivity index (χ1) is 13.6. The molecule has 6 heteroatoms. The van der Waals surface area contributed by atoms with Crippen molar-refractivity contribution in [2.24, 2.45) is 0 Å². The van der Waals surface area contributed by atoms with Crippen LogP contribution in [0.1, 0.15) is 12.5 Å². The number of methoxy groups -OCH3 is 1. The van der Waals surface area contributed by atoms with Crippen molar-refractivity contribution in [1.82, 2.24) is 9.55 Å². The van der Waals surface area contributed by atoms with Gasteiger partial charge in [0.1, 0.15) is 12.3 Å². The first-order valence-corrected chi connectivity index (χ1v) is 9.18. The minimum Gasteiger partial charge on any atom is -0.496 e. The summed E-state index contributed by atoms with van der Waals surface area (Å²) in [6.45, 7) is 1.97. The lowest BCUT2D eigenvalue weighted by atomic mass is 10.1. The molecule has 6 nitrogen and oxygen atoms in total. The van der Waals surface area contributed by atoms with Gasteiger partial charge in [-0.1, -0.05) is 30.3 Å². The highest BCUT2D eigenvalue weighted by Gasteiger charge is 2.30. The van der Waals surface area contributed by atoms with Crippen molar-refractivity contribution in [3.05, 3.63) is 76.8 Å². The molecule has 0 bridgehead atoms. The number of aromatic nitrogens is 2. The van der Waals surface area contributed by atoms with E-state index in [-0.39, 0.29) is 24.1 Å². The number of rotatable bonds is 4. The van der Waals surface area contributed by atoms with Crippen LogP contribution >= 0.6 is 0 Å². The number of nitrogens with zero attached hydrogens (tertiary/aromatic N) is 3. The van der Waals surface area contributed by atoms with E-state index in [1.54, 1.807) is 12.0 Å². The number of carbonyl (C=O) groups is 1. The molecule has 0 fully saturated rings. The van der Waals surface area contributed by atoms with Gasteiger partial charge in [0.25, 0.3) is 5.56 Å². The summed E-state index contributed by atoms with van der Waals surface area (Å²) >= 11 is 0. The molecule has 28 heavy (non-hydrogen) atoms. The van der Waals surface area contributed by atoms with Crippen molar-refractivity contribution in [2.75, 3.05) is 12.0 Å². The van der Waals surface area contributed by atoms with Gasteiger partial charge in [0.2, 0.25) is 5.91 Å². The number of para-hydroxylation sites is 2. The van der Waals surface area contributed by atoms with Gasteiger partial charge in [0.05, 0.1) is 19.1 Å². The molecule has 1 aromatic heterocycles. The van der Waals surface area contributed by atoms with E-state index in [9.17, 15) is 9.59 Å². The molecule has 0 aliphatic carbocycles. The average molecular weight is 375 g/mol. The number of hydrogen-bond acceptors (Lipinski definition) is 4. The van der Waals surface area contributed by atoms with E-state index in [2.05, 4.69) is 4.98 Å². The highest BCUT2D eigenvalue weighted by molar-refractivity contribution is 5.96. The van der Waals surface area contributed by atoms with Crippen LogP contribution in [0.3, 0.4) is 0 Å². The Labute approximate surface area is 163 Å². The summed E-state index contributed by atoms with van der Waals surface area (Å²) in [4.78, 5) is 31.7. The van der Waals surface area contributed by atoms with Gasteiger partial charge < -0.3 is 9.64 Å². The molecule has 142 valence electrons. The van der Waals surface area contributed by atoms with E-state index in [1.165, 1.54) is 17.0 Å². The molecule has 2 aromatic carbocycles. The van der Waals surface area contributed by atoms with Crippen LogP contribution in [0, 0.1) is 0 Å². The minimum absolute atomic E-state index is 0.0449. The third-order valence-corrected chi connectivity index (χ3v) is 5.04. The maximum atomic E-state index is 12.9. The van der Waals surface area contributed by atoms with Crippen LogP contribution in [0.2, 0.25) is 0 Å². The molecule has 4 rings (SSSR count). The highest BCUT2D eigenvalue weighted by Crippen LogP contribution is 2.32. The fourth-order valence-corrected chi connectivity index (χ4v) is 3.72. The normalized spacial score (nSPS) is 15.4. The van der Waals surface area contributed by atoms with E-state index in [1.807, 2.05) is 55.5 Å². The number of carbonyl (C=O) groups excluding carboxylic acids is 1. The van der Waals surface area contributed by atoms with Crippen LogP contribution in [-0.4, -0.2) is 28.6 Å². The van der Waals surface area contributed by atoms with E-state index < -0.39 is 0 Å². The number of amides is 1. The molecule has 3 aromatic rings. The molecule has 1 aliphatic rings. The van der Waals surface area contributed by atoms with Crippen molar-refractivity contribution >= 4 is 11.6 Å². The summed E-state index contributed by atoms with van der Waals surface area (Å²) in [5, 5.41) is 0. The molecule has 1 amide bonds. The molecule has 0 spiro atoms. The first kappa shape index (κ1) is 18.0. The van der Waals surface area contributed by atoms with E-state index in [0.29, 0.717) is 11.4 Å². The van der Waals surface area contributed by atoms with Gasteiger partial charge in [-0.15, -0.1) is 0 Å². The molecular weight excluding hydrogens is 354 g/mol. The molecular formula is C22H21N3O3. The summed E-state index contributed by atoms with van der Waals surface area (Å²) in [5.41, 5.74) is 3.06. The van der Waals surface area contributed by atoms with E-state index in [0.717, 1.165) is 23.2 Å². The lowest BCUT2D eigenvalue weighted by molar-refractivity contribution is -0.119. The van der Waals surface area contributed by atoms with Crippen LogP contribution in [0.5, 0.6) is 5.75 Å². The zero-order chi connectivity index (χ0) is 19.7. The SMILES string of the molecule is COc1ccccc1-c1cc(=O)n(CC(=O)N2c3ccccc3CC2C)cn1. The first-order valence-electron chi connectivity index (χ1n) is 9.18. The predicted octanol–water partition coefficient (Wildman–Crippen LogP) is 2.90. The summed E-state index contributed by atoms with van der Waals surface area (Å²) < 4.78 is 6.68. The number of ether oxygens (including phenoxy) is 1. The monoisotopic (exact) mass is 375 g/mol. The lowest BCUT2D eigenvalue weighted by Gasteiger charge is -2.23. The number of fused-ring (bicyclic) bond motifs is 1. The van der Waals surface area contributed by atoms with Crippen molar-refractivity contribution in [2.45, 2.75) is 25.9 Å². The Hall–Kier alpha value is -3.41. The fourth-order valence-electron chi connectivity index (χ4n) is 3.72. The molecule has 1 unspecified atom stereocenters. The molecule has 1 aliphatic heterocycles. The second-order valence-corrected chi connectivity index (χ2v) is 6.89. The number of benzene rings is 2. The third kappa shape index (κ3) is 3.17. The van der Waals surface area contributed by atoms with Crippen molar-refractivity contribution < 1.29 is 9.53 Å². The summed E-state index contributed by atoms with van der Waals surface area (Å²) in [7, 11) is 1.58. The van der Waals surface area contributed by atoms with Crippen molar-refractivity contribution in [3.63, 3.8) is 0 Å². The van der Waals surface area contributed by atoms with Crippen LogP contribution in [-0.2, 0) is 17.8 Å². The Morgan fingerprint density at radius 1 is 1.18 bits per heavy atom. The topological polar surface area (TPSA) is 64.4 Å². The highest BCUT2D eigenvalue weighted by atomic mass is 16.5. The van der Waals surface area contributed by atoms with Crippen LogP contribution in [0.4, 0.5) is 5.69 Å². The maximum Gasteiger partial charge on any atom is 0.254 e. The molecule has 0 saturated carbocycles. The van der Waals surface area contributed by atoms with Crippen LogP contribution < -0.4 is 15.2 Å². The lowest BCUT2D eigenvalue weighted by Crippen LogP contribution is -2.39. The van der Waals surface area contributed by atoms with Gasteiger partial charge >= 0.3 is 0 Å². The Morgan fingerprint density at radius 2 is 1.93 bits per heavy atom. The van der Waals surface area contributed by atoms with Gasteiger partial charge in [-0.05, 0) is 37.1 Å². The van der Waals surface area contributed by atoms with Gasteiger partial charge in [0.15, 0.2) is 0 Å². The molecule has 0 saturated heterocycles. The molecule has 1 atom stereocenters. The van der Waals surface area contributed by atoms with Crippen LogP contribution in [0.25, 0.3) is 11.3 Å². The Balaban J connectivity index is 1.60. The maximum absolute atomic E-state index is 12.9. The van der Waals surface area contributed by atoms with Gasteiger partial charge in [-0.3, -0.25) is 14.2 Å². The standard InChI is InChI=1S/C22H21N3O3/c1-15-11-16-7-3-5-9-19(16)25(15)22(27)13-24-14-23-18(12-21(24)26)17-8-4-6-10-20(17)28-2/h3-10,12,14-15H,11,13H2,1-2H3. The van der Waals surface area contributed by atoms with Gasteiger partial charge in [0, 0.05) is 23.4 Å². The Morgan fingerprint density at radius 3 is 2.71 bits per heavy atom. The Kier molecular flexibility index (Phi) is 4.69. The summed E-state index contributed by atoms with van der Waals surface area (Å²) in [6.07, 6.45) is 2.25. The Bertz CT molecular complexity index is 1090. The van der Waals surface area contributed by atoms with Gasteiger partial charge in [-0.25, -0.2) is 4.98 Å². The second-order valence-electron chi connectivity index (χ2n) is 6.89. The minimum atomic E-state index is -0.274. The zero-order valence-electron chi connectivity index (χ0n) is 15.8. The fraction of sp³-hybridized carbons (Fsp3) is 0.227. The molecule has 2 heterocycles. The largest absolute Gasteiger partial charge is 0.496 e. The molecule has 0 N–H and O–H groups in total. The van der Waals surface area contributed by atoms with Crippen molar-refractivity contribution in [1.29, 1.82) is 0 Å². The quantitative estimate of drug-likeness (QED) is 0.703. The van der Waals surface area contributed by atoms with Crippen molar-refractivity contribution in [3.8, 4) is 17.0 Å².